The molecule has 0 bridgehead atoms. The Kier molecular flexibility index (Phi) is 2.94. The molecule has 5 nitrogen and oxygen atoms in total. The van der Waals surface area contributed by atoms with Crippen LogP contribution in [-0.4, -0.2) is 29.7 Å². The number of ether oxygens (including phenoxy) is 1. The van der Waals surface area contributed by atoms with Gasteiger partial charge in [0.25, 0.3) is 0 Å². The smallest absolute Gasteiger partial charge is 0.303 e. The maximum atomic E-state index is 10.5. The Morgan fingerprint density at radius 3 is 3.25 bits per heavy atom. The third-order valence-electron chi connectivity index (χ3n) is 2.80. The van der Waals surface area contributed by atoms with Gasteiger partial charge in [-0.2, -0.15) is 0 Å². The van der Waals surface area contributed by atoms with Crippen LogP contribution in [0.4, 0.5) is 5.69 Å². The number of carboxylic acids is 1. The summed E-state index contributed by atoms with van der Waals surface area (Å²) < 4.78 is 5.03. The molecule has 0 saturated carbocycles. The summed E-state index contributed by atoms with van der Waals surface area (Å²) in [6.45, 7) is 0.775. The number of fused-ring (bicyclic) bond motifs is 1. The van der Waals surface area contributed by atoms with Gasteiger partial charge in [-0.1, -0.05) is 0 Å². The summed E-state index contributed by atoms with van der Waals surface area (Å²) in [5, 5.41) is 11.9. The van der Waals surface area contributed by atoms with Crippen molar-refractivity contribution in [1.29, 1.82) is 0 Å². The first-order valence-corrected chi connectivity index (χ1v) is 5.20. The lowest BCUT2D eigenvalue weighted by atomic mass is 9.98. The van der Waals surface area contributed by atoms with Gasteiger partial charge in [-0.15, -0.1) is 0 Å². The van der Waals surface area contributed by atoms with Crippen LogP contribution in [0.15, 0.2) is 12.3 Å². The Balaban J connectivity index is 2.11. The summed E-state index contributed by atoms with van der Waals surface area (Å²) in [6.07, 6.45) is 2.60. The Bertz CT molecular complexity index is 406. The van der Waals surface area contributed by atoms with Gasteiger partial charge in [-0.25, -0.2) is 4.98 Å². The van der Waals surface area contributed by atoms with Crippen LogP contribution in [0.3, 0.4) is 0 Å². The Labute approximate surface area is 93.5 Å². The number of aromatic nitrogens is 1. The van der Waals surface area contributed by atoms with Crippen LogP contribution in [0.25, 0.3) is 0 Å². The molecule has 0 saturated heterocycles. The van der Waals surface area contributed by atoms with Gasteiger partial charge in [-0.05, 0) is 12.0 Å². The zero-order valence-corrected chi connectivity index (χ0v) is 9.06. The highest BCUT2D eigenvalue weighted by atomic mass is 16.5. The standard InChI is InChI=1S/C11H14N2O3/c1-16-10-4-9-8(6-13-10)7(5-12-9)2-3-11(14)15/h4,6-7,12H,2-3,5H2,1H3,(H,14,15). The maximum Gasteiger partial charge on any atom is 0.303 e. The highest BCUT2D eigenvalue weighted by molar-refractivity contribution is 5.67. The van der Waals surface area contributed by atoms with Crippen molar-refractivity contribution in [1.82, 2.24) is 4.98 Å². The topological polar surface area (TPSA) is 71.5 Å². The molecule has 1 aliphatic heterocycles. The molecule has 2 N–H and O–H groups in total. The summed E-state index contributed by atoms with van der Waals surface area (Å²) in [4.78, 5) is 14.6. The van der Waals surface area contributed by atoms with Crippen molar-refractivity contribution in [3.63, 3.8) is 0 Å². The van der Waals surface area contributed by atoms with Crippen LogP contribution in [0.2, 0.25) is 0 Å². The minimum absolute atomic E-state index is 0.192. The fraction of sp³-hybridized carbons (Fsp3) is 0.455. The Hall–Kier alpha value is -1.78. The second kappa shape index (κ2) is 4.38. The fourth-order valence-corrected chi connectivity index (χ4v) is 1.94. The lowest BCUT2D eigenvalue weighted by Crippen LogP contribution is -2.05. The Morgan fingerprint density at radius 2 is 2.56 bits per heavy atom. The molecule has 2 rings (SSSR count). The molecule has 16 heavy (non-hydrogen) atoms. The van der Waals surface area contributed by atoms with E-state index in [2.05, 4.69) is 10.3 Å². The quantitative estimate of drug-likeness (QED) is 0.807. The van der Waals surface area contributed by atoms with Crippen LogP contribution < -0.4 is 10.1 Å². The van der Waals surface area contributed by atoms with E-state index in [-0.39, 0.29) is 12.3 Å². The zero-order valence-electron chi connectivity index (χ0n) is 9.06. The number of nitrogens with one attached hydrogen (secondary N) is 1. The second-order valence-electron chi connectivity index (χ2n) is 3.82. The van der Waals surface area contributed by atoms with E-state index in [1.165, 1.54) is 0 Å². The van der Waals surface area contributed by atoms with Gasteiger partial charge >= 0.3 is 5.97 Å². The number of aliphatic carboxylic acids is 1. The number of hydrogen-bond donors (Lipinski definition) is 2. The first-order chi connectivity index (χ1) is 7.70. The number of anilines is 1. The molecule has 0 fully saturated rings. The molecule has 1 unspecified atom stereocenters. The molecular weight excluding hydrogens is 208 g/mol. The molecular formula is C11H14N2O3. The molecule has 1 aliphatic rings. The summed E-state index contributed by atoms with van der Waals surface area (Å²) in [5.74, 6) is 0.0598. The van der Waals surface area contributed by atoms with Crippen molar-refractivity contribution in [3.05, 3.63) is 17.8 Å². The molecule has 0 radical (unpaired) electrons. The number of hydrogen-bond acceptors (Lipinski definition) is 4. The van der Waals surface area contributed by atoms with Gasteiger partial charge < -0.3 is 15.2 Å². The third kappa shape index (κ3) is 2.08. The van der Waals surface area contributed by atoms with E-state index < -0.39 is 5.97 Å². The SMILES string of the molecule is COc1cc2c(cn1)C(CCC(=O)O)CN2. The number of nitrogens with zero attached hydrogens (tertiary/aromatic N) is 1. The molecule has 86 valence electrons. The van der Waals surface area contributed by atoms with Gasteiger partial charge in [0.2, 0.25) is 5.88 Å². The van der Waals surface area contributed by atoms with Crippen LogP contribution in [0.1, 0.15) is 24.3 Å². The van der Waals surface area contributed by atoms with Crippen molar-refractivity contribution in [2.45, 2.75) is 18.8 Å². The number of pyridine rings is 1. The lowest BCUT2D eigenvalue weighted by Gasteiger charge is -2.07. The van der Waals surface area contributed by atoms with Crippen LogP contribution >= 0.6 is 0 Å². The lowest BCUT2D eigenvalue weighted by molar-refractivity contribution is -0.137. The first kappa shape index (κ1) is 10.7. The summed E-state index contributed by atoms with van der Waals surface area (Å²) in [6, 6.07) is 1.84. The van der Waals surface area contributed by atoms with Crippen molar-refractivity contribution in [3.8, 4) is 5.88 Å². The van der Waals surface area contributed by atoms with E-state index in [1.807, 2.05) is 6.07 Å². The van der Waals surface area contributed by atoms with Crippen LogP contribution in [-0.2, 0) is 4.79 Å². The van der Waals surface area contributed by atoms with E-state index in [9.17, 15) is 4.79 Å². The minimum Gasteiger partial charge on any atom is -0.481 e. The monoisotopic (exact) mass is 222 g/mol. The van der Waals surface area contributed by atoms with Crippen molar-refractivity contribution in [2.24, 2.45) is 0 Å². The van der Waals surface area contributed by atoms with E-state index >= 15 is 0 Å². The van der Waals surface area contributed by atoms with E-state index in [1.54, 1.807) is 13.3 Å². The number of rotatable bonds is 4. The van der Waals surface area contributed by atoms with E-state index in [4.69, 9.17) is 9.84 Å². The van der Waals surface area contributed by atoms with Gasteiger partial charge in [0.15, 0.2) is 0 Å². The highest BCUT2D eigenvalue weighted by Crippen LogP contribution is 2.35. The molecule has 5 heteroatoms. The second-order valence-corrected chi connectivity index (χ2v) is 3.82. The molecule has 2 heterocycles. The molecule has 0 aromatic carbocycles. The van der Waals surface area contributed by atoms with Gasteiger partial charge in [0.1, 0.15) is 0 Å². The number of methoxy groups -OCH3 is 1. The minimum atomic E-state index is -0.755. The summed E-state index contributed by atoms with van der Waals surface area (Å²) in [5.41, 5.74) is 2.09. The molecule has 1 aromatic rings. The molecule has 0 spiro atoms. The molecule has 0 amide bonds. The molecule has 1 atom stereocenters. The van der Waals surface area contributed by atoms with Gasteiger partial charge in [-0.3, -0.25) is 4.79 Å². The molecule has 0 aliphatic carbocycles. The normalized spacial score (nSPS) is 17.7. The first-order valence-electron chi connectivity index (χ1n) is 5.20. The van der Waals surface area contributed by atoms with E-state index in [0.717, 1.165) is 17.8 Å². The van der Waals surface area contributed by atoms with Crippen LogP contribution in [0, 0.1) is 0 Å². The summed E-state index contributed by atoms with van der Waals surface area (Å²) >= 11 is 0. The average molecular weight is 222 g/mol. The van der Waals surface area contributed by atoms with Gasteiger partial charge in [0, 0.05) is 36.8 Å². The van der Waals surface area contributed by atoms with Gasteiger partial charge in [0.05, 0.1) is 7.11 Å². The maximum absolute atomic E-state index is 10.5. The number of carboxylic acid groups (broad SMARTS) is 1. The van der Waals surface area contributed by atoms with Crippen molar-refractivity contribution in [2.75, 3.05) is 19.0 Å². The highest BCUT2D eigenvalue weighted by Gasteiger charge is 2.23. The summed E-state index contributed by atoms with van der Waals surface area (Å²) in [7, 11) is 1.57. The fourth-order valence-electron chi connectivity index (χ4n) is 1.94. The largest absolute Gasteiger partial charge is 0.481 e. The van der Waals surface area contributed by atoms with E-state index in [0.29, 0.717) is 12.3 Å². The third-order valence-corrected chi connectivity index (χ3v) is 2.80. The average Bonchev–Trinajstić information content (AvgIpc) is 2.68. The Morgan fingerprint density at radius 1 is 1.75 bits per heavy atom. The number of carbonyl (C=O) groups is 1. The molecule has 1 aromatic heterocycles. The zero-order chi connectivity index (χ0) is 11.5. The van der Waals surface area contributed by atoms with Crippen molar-refractivity contribution >= 4 is 11.7 Å². The van der Waals surface area contributed by atoms with Crippen LogP contribution in [0.5, 0.6) is 5.88 Å². The van der Waals surface area contributed by atoms with Crippen molar-refractivity contribution < 1.29 is 14.6 Å². The predicted octanol–water partition coefficient (Wildman–Crippen LogP) is 1.46. The predicted molar refractivity (Wildman–Crippen MR) is 58.9 cm³/mol.